The van der Waals surface area contributed by atoms with Crippen molar-refractivity contribution >= 4 is 59.2 Å². The van der Waals surface area contributed by atoms with E-state index >= 15 is 0 Å². The van der Waals surface area contributed by atoms with E-state index in [1.54, 1.807) is 30.3 Å². The number of sulfone groups is 1. The Morgan fingerprint density at radius 1 is 0.357 bits per heavy atom. The van der Waals surface area contributed by atoms with Crippen LogP contribution in [0.4, 0.5) is 0 Å². The molecule has 5 nitrogen and oxygen atoms in total. The predicted molar refractivity (Wildman–Crippen MR) is 228 cm³/mol. The van der Waals surface area contributed by atoms with E-state index in [1.165, 1.54) is 21.5 Å². The summed E-state index contributed by atoms with van der Waals surface area (Å²) in [5.74, 6) is -0.295. The Hall–Kier alpha value is -7.02. The van der Waals surface area contributed by atoms with Crippen LogP contribution >= 0.6 is 0 Å². The van der Waals surface area contributed by atoms with Gasteiger partial charge in [-0.15, -0.1) is 0 Å². The van der Waals surface area contributed by atoms with E-state index in [0.29, 0.717) is 0 Å². The molecule has 56 heavy (non-hydrogen) atoms. The number of hydrogen-bond donors (Lipinski definition) is 0. The molecular weight excluding hydrogens is 709 g/mol. The number of para-hydroxylation sites is 4. The SMILES string of the molecule is C.O=C1c2cc(-c3ccc(-n4c5ccccc5c5ccccc54)cc3)ccc2S(=O)(=O)c2cc(-c3ccc(-n4c5ccccc5c5ccccc54)cc3)ccc21. The van der Waals surface area contributed by atoms with Gasteiger partial charge in [-0.05, 0) is 95.1 Å². The third kappa shape index (κ3) is 4.86. The Balaban J connectivity index is 0.00000384. The number of fused-ring (bicyclic) bond motifs is 8. The second-order valence-corrected chi connectivity index (χ2v) is 16.0. The average molecular weight is 743 g/mol. The van der Waals surface area contributed by atoms with Gasteiger partial charge >= 0.3 is 0 Å². The molecule has 0 amide bonds. The van der Waals surface area contributed by atoms with Gasteiger partial charge in [-0.2, -0.15) is 0 Å². The largest absolute Gasteiger partial charge is 0.309 e. The van der Waals surface area contributed by atoms with Gasteiger partial charge in [-0.1, -0.05) is 117 Å². The molecule has 0 aliphatic carbocycles. The Labute approximate surface area is 324 Å². The molecule has 0 radical (unpaired) electrons. The second kappa shape index (κ2) is 12.5. The van der Waals surface area contributed by atoms with Crippen LogP contribution in [0.2, 0.25) is 0 Å². The van der Waals surface area contributed by atoms with E-state index in [2.05, 4.69) is 106 Å². The lowest BCUT2D eigenvalue weighted by atomic mass is 9.96. The number of nitrogens with zero attached hydrogens (tertiary/aromatic N) is 2. The molecule has 8 aromatic carbocycles. The third-order valence-corrected chi connectivity index (χ3v) is 13.0. The van der Waals surface area contributed by atoms with Crippen LogP contribution in [0.1, 0.15) is 23.3 Å². The summed E-state index contributed by atoms with van der Waals surface area (Å²) in [6.07, 6.45) is 0. The molecule has 0 spiro atoms. The summed E-state index contributed by atoms with van der Waals surface area (Å²) < 4.78 is 32.8. The van der Waals surface area contributed by atoms with Crippen LogP contribution in [-0.4, -0.2) is 23.3 Å². The summed E-state index contributed by atoms with van der Waals surface area (Å²) >= 11 is 0. The van der Waals surface area contributed by atoms with Crippen molar-refractivity contribution in [2.45, 2.75) is 17.2 Å². The number of hydrogen-bond acceptors (Lipinski definition) is 3. The Morgan fingerprint density at radius 3 is 1.18 bits per heavy atom. The highest BCUT2D eigenvalue weighted by atomic mass is 32.2. The van der Waals surface area contributed by atoms with Crippen LogP contribution in [0, 0.1) is 0 Å². The molecule has 11 rings (SSSR count). The molecule has 0 bridgehead atoms. The zero-order chi connectivity index (χ0) is 36.8. The van der Waals surface area contributed by atoms with Gasteiger partial charge in [0, 0.05) is 44.0 Å². The molecule has 1 aliphatic heterocycles. The smallest absolute Gasteiger partial charge is 0.208 e. The summed E-state index contributed by atoms with van der Waals surface area (Å²) in [6.45, 7) is 0. The van der Waals surface area contributed by atoms with Gasteiger partial charge < -0.3 is 9.13 Å². The van der Waals surface area contributed by atoms with Crippen molar-refractivity contribution in [3.05, 3.63) is 193 Å². The van der Waals surface area contributed by atoms with Gasteiger partial charge in [-0.25, -0.2) is 8.42 Å². The fourth-order valence-electron chi connectivity index (χ4n) is 8.50. The molecule has 268 valence electrons. The van der Waals surface area contributed by atoms with E-state index in [0.717, 1.165) is 55.7 Å². The number of benzene rings is 8. The molecule has 0 saturated carbocycles. The summed E-state index contributed by atoms with van der Waals surface area (Å²) in [4.78, 5) is 14.1. The molecule has 0 atom stereocenters. The van der Waals surface area contributed by atoms with Crippen molar-refractivity contribution in [1.82, 2.24) is 9.13 Å². The van der Waals surface area contributed by atoms with Crippen LogP contribution in [0.15, 0.2) is 192 Å². The molecule has 3 heterocycles. The van der Waals surface area contributed by atoms with Crippen LogP contribution in [0.25, 0.3) is 77.2 Å². The topological polar surface area (TPSA) is 61.1 Å². The highest BCUT2D eigenvalue weighted by molar-refractivity contribution is 7.91. The highest BCUT2D eigenvalue weighted by Gasteiger charge is 2.35. The van der Waals surface area contributed by atoms with Crippen molar-refractivity contribution in [3.63, 3.8) is 0 Å². The molecule has 6 heteroatoms. The molecule has 2 aromatic heterocycles. The third-order valence-electron chi connectivity index (χ3n) is 11.1. The van der Waals surface area contributed by atoms with Crippen LogP contribution in [0.3, 0.4) is 0 Å². The fourth-order valence-corrected chi connectivity index (χ4v) is 10.2. The van der Waals surface area contributed by atoms with Crippen LogP contribution in [-0.2, 0) is 9.84 Å². The standard InChI is InChI=1S/C49H30N2O3S.CH4/c52-49-41-27-21-34(32-19-25-36(26-20-32)51-45-15-7-3-11-39(45)40-12-4-8-16-46(40)51)30-48(41)55(53,54)47-28-22-33(29-42(47)49)31-17-23-35(24-18-31)50-43-13-5-1-9-37(43)38-10-2-6-14-44(38)50;/h1-30H;1H4. The maximum Gasteiger partial charge on any atom is 0.208 e. The average Bonchev–Trinajstić information content (AvgIpc) is 3.76. The monoisotopic (exact) mass is 742 g/mol. The van der Waals surface area contributed by atoms with Gasteiger partial charge in [-0.3, -0.25) is 4.79 Å². The second-order valence-electron chi connectivity index (χ2n) is 14.1. The van der Waals surface area contributed by atoms with Crippen molar-refractivity contribution < 1.29 is 13.2 Å². The quantitative estimate of drug-likeness (QED) is 0.180. The van der Waals surface area contributed by atoms with E-state index in [1.807, 2.05) is 54.6 Å². The first kappa shape index (κ1) is 33.5. The summed E-state index contributed by atoms with van der Waals surface area (Å²) in [5, 5.41) is 4.76. The van der Waals surface area contributed by atoms with Crippen LogP contribution < -0.4 is 0 Å². The summed E-state index contributed by atoms with van der Waals surface area (Å²) in [6, 6.07) is 60.0. The molecular formula is C50H34N2O3S. The van der Waals surface area contributed by atoms with E-state index < -0.39 is 9.84 Å². The van der Waals surface area contributed by atoms with E-state index in [-0.39, 0.29) is 34.1 Å². The molecule has 0 saturated heterocycles. The number of carbonyl (C=O) groups is 1. The first-order valence-electron chi connectivity index (χ1n) is 18.2. The minimum absolute atomic E-state index is 0. The lowest BCUT2D eigenvalue weighted by Crippen LogP contribution is -2.20. The van der Waals surface area contributed by atoms with Crippen LogP contribution in [0.5, 0.6) is 0 Å². The van der Waals surface area contributed by atoms with Crippen molar-refractivity contribution in [2.75, 3.05) is 0 Å². The van der Waals surface area contributed by atoms with Gasteiger partial charge in [0.05, 0.1) is 31.9 Å². The summed E-state index contributed by atoms with van der Waals surface area (Å²) in [7, 11) is -3.96. The maximum atomic E-state index is 14.2. The van der Waals surface area contributed by atoms with Crippen molar-refractivity contribution in [3.8, 4) is 33.6 Å². The van der Waals surface area contributed by atoms with Gasteiger partial charge in [0.25, 0.3) is 0 Å². The molecule has 0 unspecified atom stereocenters. The predicted octanol–water partition coefficient (Wildman–Crippen LogP) is 12.2. The van der Waals surface area contributed by atoms with E-state index in [4.69, 9.17) is 0 Å². The van der Waals surface area contributed by atoms with Gasteiger partial charge in [0.2, 0.25) is 9.84 Å². The highest BCUT2D eigenvalue weighted by Crippen LogP contribution is 2.40. The summed E-state index contributed by atoms with van der Waals surface area (Å²) in [5.41, 5.74) is 10.2. The Morgan fingerprint density at radius 2 is 0.732 bits per heavy atom. The van der Waals surface area contributed by atoms with Gasteiger partial charge in [0.15, 0.2) is 5.78 Å². The first-order chi connectivity index (χ1) is 27.0. The van der Waals surface area contributed by atoms with Crippen molar-refractivity contribution in [2.24, 2.45) is 0 Å². The number of aromatic nitrogens is 2. The first-order valence-corrected chi connectivity index (χ1v) is 19.7. The Kier molecular flexibility index (Phi) is 7.50. The Bertz CT molecular complexity index is 3230. The van der Waals surface area contributed by atoms with E-state index in [9.17, 15) is 13.2 Å². The van der Waals surface area contributed by atoms with Crippen molar-refractivity contribution in [1.29, 1.82) is 0 Å². The number of carbonyl (C=O) groups excluding carboxylic acids is 1. The minimum atomic E-state index is -3.96. The fraction of sp³-hybridized carbons (Fsp3) is 0.0200. The molecule has 10 aromatic rings. The molecule has 0 fully saturated rings. The zero-order valence-corrected chi connectivity index (χ0v) is 30.2. The zero-order valence-electron chi connectivity index (χ0n) is 29.3. The lowest BCUT2D eigenvalue weighted by Gasteiger charge is -2.20. The maximum absolute atomic E-state index is 14.2. The lowest BCUT2D eigenvalue weighted by molar-refractivity contribution is 0.103. The minimum Gasteiger partial charge on any atom is -0.309 e. The number of ketones is 1. The molecule has 0 N–H and O–H groups in total. The normalized spacial score (nSPS) is 13.2. The number of rotatable bonds is 4. The molecule has 1 aliphatic rings. The van der Waals surface area contributed by atoms with Gasteiger partial charge in [0.1, 0.15) is 0 Å².